The summed E-state index contributed by atoms with van der Waals surface area (Å²) < 4.78 is 10.5. The molecule has 0 bridgehead atoms. The Kier molecular flexibility index (Phi) is 3.04. The molecule has 0 fully saturated rings. The van der Waals surface area contributed by atoms with Gasteiger partial charge in [-0.05, 0) is 23.6 Å². The van der Waals surface area contributed by atoms with Crippen molar-refractivity contribution in [3.8, 4) is 17.1 Å². The Labute approximate surface area is 100 Å². The third-order valence-corrected chi connectivity index (χ3v) is 2.69. The Morgan fingerprint density at radius 3 is 2.59 bits per heavy atom. The number of ether oxygens (including phenoxy) is 1. The van der Waals surface area contributed by atoms with E-state index in [9.17, 15) is 0 Å². The molecule has 0 aliphatic heterocycles. The molecule has 1 aromatic heterocycles. The second kappa shape index (κ2) is 4.49. The summed E-state index contributed by atoms with van der Waals surface area (Å²) in [5, 5.41) is 3.67. The lowest BCUT2D eigenvalue weighted by molar-refractivity contribution is 0.406. The van der Waals surface area contributed by atoms with E-state index in [1.165, 1.54) is 5.56 Å². The van der Waals surface area contributed by atoms with E-state index in [-0.39, 0.29) is 0 Å². The predicted molar refractivity (Wildman–Crippen MR) is 67.0 cm³/mol. The molecule has 4 heteroatoms. The van der Waals surface area contributed by atoms with Crippen molar-refractivity contribution in [1.82, 2.24) is 5.16 Å². The highest BCUT2D eigenvalue weighted by Crippen LogP contribution is 2.33. The smallest absolute Gasteiger partial charge is 0.172 e. The van der Waals surface area contributed by atoms with Crippen LogP contribution in [-0.4, -0.2) is 12.3 Å². The van der Waals surface area contributed by atoms with Crippen molar-refractivity contribution in [2.45, 2.75) is 19.8 Å². The zero-order chi connectivity index (χ0) is 12.4. The van der Waals surface area contributed by atoms with Gasteiger partial charge in [0.25, 0.3) is 0 Å². The first-order chi connectivity index (χ1) is 8.11. The Morgan fingerprint density at radius 2 is 2.06 bits per heavy atom. The molecule has 0 spiro atoms. The Hall–Kier alpha value is -1.97. The zero-order valence-corrected chi connectivity index (χ0v) is 10.2. The highest BCUT2D eigenvalue weighted by molar-refractivity contribution is 5.68. The second-order valence-corrected chi connectivity index (χ2v) is 4.23. The minimum Gasteiger partial charge on any atom is -0.496 e. The average Bonchev–Trinajstić information content (AvgIpc) is 2.74. The van der Waals surface area contributed by atoms with Crippen LogP contribution in [0.4, 0.5) is 5.82 Å². The van der Waals surface area contributed by atoms with E-state index in [1.54, 1.807) is 13.2 Å². The molecule has 17 heavy (non-hydrogen) atoms. The van der Waals surface area contributed by atoms with Crippen LogP contribution in [0.3, 0.4) is 0 Å². The Balaban J connectivity index is 2.48. The first-order valence-corrected chi connectivity index (χ1v) is 5.52. The largest absolute Gasteiger partial charge is 0.496 e. The molecule has 1 aromatic carbocycles. The molecule has 0 radical (unpaired) electrons. The number of hydrogen-bond acceptors (Lipinski definition) is 4. The fraction of sp³-hybridized carbons (Fsp3) is 0.308. The Bertz CT molecular complexity index is 518. The van der Waals surface area contributed by atoms with Gasteiger partial charge in [0.2, 0.25) is 0 Å². The SMILES string of the molecule is COc1cc(C(C)C)ccc1-c1cc(N)no1. The van der Waals surface area contributed by atoms with Crippen LogP contribution in [0, 0.1) is 0 Å². The molecule has 2 aromatic rings. The quantitative estimate of drug-likeness (QED) is 0.883. The molecule has 0 aliphatic rings. The lowest BCUT2D eigenvalue weighted by Gasteiger charge is -2.10. The third-order valence-electron chi connectivity index (χ3n) is 2.69. The number of benzene rings is 1. The highest BCUT2D eigenvalue weighted by atomic mass is 16.5. The third kappa shape index (κ3) is 2.25. The molecule has 2 N–H and O–H groups in total. The van der Waals surface area contributed by atoms with Crippen LogP contribution in [0.5, 0.6) is 5.75 Å². The van der Waals surface area contributed by atoms with Crippen LogP contribution >= 0.6 is 0 Å². The second-order valence-electron chi connectivity index (χ2n) is 4.23. The van der Waals surface area contributed by atoms with Gasteiger partial charge in [0.1, 0.15) is 5.75 Å². The van der Waals surface area contributed by atoms with Crippen molar-refractivity contribution in [1.29, 1.82) is 0 Å². The summed E-state index contributed by atoms with van der Waals surface area (Å²) >= 11 is 0. The molecule has 0 unspecified atom stereocenters. The molecular weight excluding hydrogens is 216 g/mol. The first-order valence-electron chi connectivity index (χ1n) is 5.52. The minimum absolute atomic E-state index is 0.370. The molecule has 4 nitrogen and oxygen atoms in total. The zero-order valence-electron chi connectivity index (χ0n) is 10.2. The molecule has 90 valence electrons. The molecule has 0 saturated heterocycles. The van der Waals surface area contributed by atoms with E-state index in [0.717, 1.165) is 11.3 Å². The molecule has 0 amide bonds. The maximum atomic E-state index is 5.54. The summed E-state index contributed by atoms with van der Waals surface area (Å²) in [4.78, 5) is 0. The number of nitrogens with zero attached hydrogens (tertiary/aromatic N) is 1. The lowest BCUT2D eigenvalue weighted by Crippen LogP contribution is -1.92. The minimum atomic E-state index is 0.370. The topological polar surface area (TPSA) is 61.3 Å². The van der Waals surface area contributed by atoms with Crippen LogP contribution < -0.4 is 10.5 Å². The standard InChI is InChI=1S/C13H16N2O2/c1-8(2)9-4-5-10(11(6-9)16-3)12-7-13(14)15-17-12/h4-8H,1-3H3,(H2,14,15). The van der Waals surface area contributed by atoms with Crippen molar-refractivity contribution >= 4 is 5.82 Å². The van der Waals surface area contributed by atoms with Gasteiger partial charge in [0.15, 0.2) is 11.6 Å². The summed E-state index contributed by atoms with van der Waals surface area (Å²) in [5.41, 5.74) is 7.62. The van der Waals surface area contributed by atoms with E-state index in [4.69, 9.17) is 15.0 Å². The van der Waals surface area contributed by atoms with Gasteiger partial charge in [0, 0.05) is 6.07 Å². The van der Waals surface area contributed by atoms with Crippen LogP contribution in [0.25, 0.3) is 11.3 Å². The fourth-order valence-corrected chi connectivity index (χ4v) is 1.69. The number of rotatable bonds is 3. The van der Waals surface area contributed by atoms with Crippen LogP contribution in [0.15, 0.2) is 28.8 Å². The number of anilines is 1. The van der Waals surface area contributed by atoms with E-state index in [1.807, 2.05) is 12.1 Å². The van der Waals surface area contributed by atoms with Gasteiger partial charge in [-0.15, -0.1) is 0 Å². The van der Waals surface area contributed by atoms with E-state index in [0.29, 0.717) is 17.5 Å². The highest BCUT2D eigenvalue weighted by Gasteiger charge is 2.12. The predicted octanol–water partition coefficient (Wildman–Crippen LogP) is 3.06. The summed E-state index contributed by atoms with van der Waals surface area (Å²) in [7, 11) is 1.64. The number of methoxy groups -OCH3 is 1. The van der Waals surface area contributed by atoms with Crippen molar-refractivity contribution < 1.29 is 9.26 Å². The number of aromatic nitrogens is 1. The normalized spacial score (nSPS) is 10.8. The fourth-order valence-electron chi connectivity index (χ4n) is 1.69. The molecule has 0 saturated carbocycles. The molecule has 2 rings (SSSR count). The average molecular weight is 232 g/mol. The van der Waals surface area contributed by atoms with Gasteiger partial charge in [-0.1, -0.05) is 25.1 Å². The van der Waals surface area contributed by atoms with Gasteiger partial charge >= 0.3 is 0 Å². The molecular formula is C13H16N2O2. The Morgan fingerprint density at radius 1 is 1.29 bits per heavy atom. The number of nitrogen functional groups attached to an aromatic ring is 1. The maximum Gasteiger partial charge on any atom is 0.172 e. The van der Waals surface area contributed by atoms with Gasteiger partial charge in [-0.25, -0.2) is 0 Å². The van der Waals surface area contributed by atoms with Crippen molar-refractivity contribution in [3.63, 3.8) is 0 Å². The van der Waals surface area contributed by atoms with Crippen LogP contribution in [-0.2, 0) is 0 Å². The van der Waals surface area contributed by atoms with Gasteiger partial charge in [0.05, 0.1) is 12.7 Å². The maximum absolute atomic E-state index is 5.54. The van der Waals surface area contributed by atoms with Gasteiger partial charge in [-0.3, -0.25) is 0 Å². The summed E-state index contributed by atoms with van der Waals surface area (Å²) in [6.07, 6.45) is 0. The van der Waals surface area contributed by atoms with E-state index >= 15 is 0 Å². The summed E-state index contributed by atoms with van der Waals surface area (Å²) in [6.45, 7) is 4.28. The van der Waals surface area contributed by atoms with E-state index in [2.05, 4.69) is 25.1 Å². The van der Waals surface area contributed by atoms with Crippen LogP contribution in [0.2, 0.25) is 0 Å². The molecule has 1 heterocycles. The lowest BCUT2D eigenvalue weighted by atomic mass is 10.00. The molecule has 0 aliphatic carbocycles. The van der Waals surface area contributed by atoms with Crippen molar-refractivity contribution in [2.24, 2.45) is 0 Å². The summed E-state index contributed by atoms with van der Waals surface area (Å²) in [6, 6.07) is 7.72. The van der Waals surface area contributed by atoms with Gasteiger partial charge < -0.3 is 15.0 Å². The first kappa shape index (κ1) is 11.5. The number of hydrogen-bond donors (Lipinski definition) is 1. The molecule has 0 atom stereocenters. The van der Waals surface area contributed by atoms with Crippen LogP contribution in [0.1, 0.15) is 25.3 Å². The van der Waals surface area contributed by atoms with Crippen molar-refractivity contribution in [3.05, 3.63) is 29.8 Å². The van der Waals surface area contributed by atoms with E-state index < -0.39 is 0 Å². The van der Waals surface area contributed by atoms with Gasteiger partial charge in [-0.2, -0.15) is 0 Å². The monoisotopic (exact) mass is 232 g/mol. The summed E-state index contributed by atoms with van der Waals surface area (Å²) in [5.74, 6) is 2.22. The van der Waals surface area contributed by atoms with Crippen molar-refractivity contribution in [2.75, 3.05) is 12.8 Å². The number of nitrogens with two attached hydrogens (primary N) is 1.